The number of nitrogens with one attached hydrogen (secondary N) is 2. The van der Waals surface area contributed by atoms with Crippen LogP contribution in [0.3, 0.4) is 0 Å². The summed E-state index contributed by atoms with van der Waals surface area (Å²) < 4.78 is 1.90. The van der Waals surface area contributed by atoms with Gasteiger partial charge in [-0.05, 0) is 17.7 Å². The first-order valence-electron chi connectivity index (χ1n) is 7.14. The van der Waals surface area contributed by atoms with Crippen molar-refractivity contribution in [3.05, 3.63) is 59.9 Å². The molecule has 0 spiro atoms. The van der Waals surface area contributed by atoms with Gasteiger partial charge in [0.1, 0.15) is 11.5 Å². The maximum atomic E-state index is 11.2. The molecule has 2 heterocycles. The first kappa shape index (κ1) is 14.9. The number of nitrogen functional groups attached to an aromatic ring is 1. The summed E-state index contributed by atoms with van der Waals surface area (Å²) in [6.45, 7) is -0.0718. The van der Waals surface area contributed by atoms with Gasteiger partial charge in [-0.1, -0.05) is 30.3 Å². The minimum Gasteiger partial charge on any atom is -0.398 e. The van der Waals surface area contributed by atoms with E-state index >= 15 is 0 Å². The molecule has 0 unspecified atom stereocenters. The average molecular weight is 311 g/mol. The normalized spacial score (nSPS) is 10.7. The summed E-state index contributed by atoms with van der Waals surface area (Å²) in [4.78, 5) is 15.7. The first-order valence-corrected chi connectivity index (χ1v) is 7.14. The van der Waals surface area contributed by atoms with Crippen molar-refractivity contribution in [1.29, 1.82) is 0 Å². The van der Waals surface area contributed by atoms with Gasteiger partial charge in [-0.3, -0.25) is 14.4 Å². The summed E-state index contributed by atoms with van der Waals surface area (Å²) in [7, 11) is 0. The number of imidazole rings is 1. The molecular formula is C16H17N5O2. The summed E-state index contributed by atoms with van der Waals surface area (Å²) >= 11 is 0. The molecular weight excluding hydrogens is 294 g/mol. The van der Waals surface area contributed by atoms with Crippen LogP contribution in [0.1, 0.15) is 11.3 Å². The maximum Gasteiger partial charge on any atom is 0.262 e. The zero-order valence-corrected chi connectivity index (χ0v) is 12.4. The Hall–Kier alpha value is -3.06. The molecule has 0 bridgehead atoms. The minimum absolute atomic E-state index is 0.0718. The van der Waals surface area contributed by atoms with E-state index in [4.69, 9.17) is 10.9 Å². The molecule has 0 saturated heterocycles. The fourth-order valence-corrected chi connectivity index (χ4v) is 2.41. The predicted molar refractivity (Wildman–Crippen MR) is 87.3 cm³/mol. The van der Waals surface area contributed by atoms with Crippen LogP contribution in [-0.2, 0) is 11.2 Å². The van der Waals surface area contributed by atoms with Crippen LogP contribution >= 0.6 is 0 Å². The number of pyridine rings is 1. The lowest BCUT2D eigenvalue weighted by Crippen LogP contribution is -2.27. The number of benzene rings is 1. The third-order valence-electron chi connectivity index (χ3n) is 3.50. The average Bonchev–Trinajstić information content (AvgIpc) is 2.90. The third kappa shape index (κ3) is 3.24. The van der Waals surface area contributed by atoms with Crippen LogP contribution < -0.4 is 16.5 Å². The van der Waals surface area contributed by atoms with Gasteiger partial charge in [0.15, 0.2) is 0 Å². The van der Waals surface area contributed by atoms with E-state index in [-0.39, 0.29) is 6.54 Å². The van der Waals surface area contributed by atoms with E-state index in [1.165, 1.54) is 0 Å². The fraction of sp³-hybridized carbons (Fsp3) is 0.125. The van der Waals surface area contributed by atoms with Crippen molar-refractivity contribution in [2.75, 3.05) is 17.6 Å². The molecule has 2 aromatic heterocycles. The Labute approximate surface area is 132 Å². The number of hydroxylamine groups is 1. The third-order valence-corrected chi connectivity index (χ3v) is 3.50. The molecule has 1 amide bonds. The second-order valence-electron chi connectivity index (χ2n) is 5.15. The number of amides is 1. The molecule has 1 aromatic carbocycles. The van der Waals surface area contributed by atoms with Crippen molar-refractivity contribution in [3.63, 3.8) is 0 Å². The number of aromatic nitrogens is 2. The number of nitrogens with zero attached hydrogens (tertiary/aromatic N) is 2. The van der Waals surface area contributed by atoms with E-state index < -0.39 is 5.91 Å². The second kappa shape index (κ2) is 6.37. The lowest BCUT2D eigenvalue weighted by molar-refractivity contribution is -0.127. The SMILES string of the molecule is Nc1ccc2nc(NCC(=O)NO)c(Cc3ccccc3)n2c1. The van der Waals surface area contributed by atoms with Gasteiger partial charge in [-0.15, -0.1) is 0 Å². The molecule has 3 rings (SSSR count). The smallest absolute Gasteiger partial charge is 0.262 e. The molecule has 3 aromatic rings. The second-order valence-corrected chi connectivity index (χ2v) is 5.15. The molecule has 7 heteroatoms. The van der Waals surface area contributed by atoms with E-state index in [1.54, 1.807) is 17.7 Å². The van der Waals surface area contributed by atoms with Gasteiger partial charge in [0.25, 0.3) is 5.91 Å². The number of carbonyl (C=O) groups excluding carboxylic acids is 1. The number of rotatable bonds is 5. The van der Waals surface area contributed by atoms with Crippen molar-refractivity contribution >= 4 is 23.1 Å². The molecule has 0 fully saturated rings. The van der Waals surface area contributed by atoms with Gasteiger partial charge >= 0.3 is 0 Å². The molecule has 0 radical (unpaired) electrons. The Balaban J connectivity index is 2.00. The van der Waals surface area contributed by atoms with Crippen LogP contribution in [0.5, 0.6) is 0 Å². The van der Waals surface area contributed by atoms with Crippen molar-refractivity contribution in [2.45, 2.75) is 6.42 Å². The monoisotopic (exact) mass is 311 g/mol. The zero-order valence-electron chi connectivity index (χ0n) is 12.4. The first-order chi connectivity index (χ1) is 11.2. The number of fused-ring (bicyclic) bond motifs is 1. The van der Waals surface area contributed by atoms with Gasteiger partial charge in [0.2, 0.25) is 0 Å². The number of anilines is 2. The van der Waals surface area contributed by atoms with Crippen molar-refractivity contribution in [2.24, 2.45) is 0 Å². The van der Waals surface area contributed by atoms with Crippen LogP contribution in [0.4, 0.5) is 11.5 Å². The van der Waals surface area contributed by atoms with Crippen LogP contribution in [-0.4, -0.2) is 27.0 Å². The number of hydrogen-bond acceptors (Lipinski definition) is 5. The van der Waals surface area contributed by atoms with E-state index in [0.29, 0.717) is 17.9 Å². The Kier molecular flexibility index (Phi) is 4.11. The summed E-state index contributed by atoms with van der Waals surface area (Å²) in [5.41, 5.74) is 10.8. The standard InChI is InChI=1S/C16H17N5O2/c17-12-6-7-14-19-16(18-9-15(22)20-23)13(21(14)10-12)8-11-4-2-1-3-5-11/h1-7,10,18,23H,8-9,17H2,(H,20,22). The Bertz CT molecular complexity index is 829. The maximum absolute atomic E-state index is 11.2. The topological polar surface area (TPSA) is 105 Å². The summed E-state index contributed by atoms with van der Waals surface area (Å²) in [6.07, 6.45) is 2.44. The van der Waals surface area contributed by atoms with Crippen LogP contribution in [0.25, 0.3) is 5.65 Å². The molecule has 118 valence electrons. The van der Waals surface area contributed by atoms with Crippen LogP contribution in [0.2, 0.25) is 0 Å². The molecule has 0 aliphatic heterocycles. The summed E-state index contributed by atoms with van der Waals surface area (Å²) in [5.74, 6) is 0.0512. The number of hydrogen-bond donors (Lipinski definition) is 4. The number of carbonyl (C=O) groups is 1. The Morgan fingerprint density at radius 3 is 2.74 bits per heavy atom. The van der Waals surface area contributed by atoms with Gasteiger partial charge in [0.05, 0.1) is 12.2 Å². The van der Waals surface area contributed by atoms with E-state index in [2.05, 4.69) is 10.3 Å². The van der Waals surface area contributed by atoms with Gasteiger partial charge in [-0.2, -0.15) is 0 Å². The molecule has 5 N–H and O–H groups in total. The van der Waals surface area contributed by atoms with Gasteiger partial charge in [0, 0.05) is 18.3 Å². The van der Waals surface area contributed by atoms with Crippen LogP contribution in [0.15, 0.2) is 48.7 Å². The summed E-state index contributed by atoms with van der Waals surface area (Å²) in [6, 6.07) is 13.5. The van der Waals surface area contributed by atoms with E-state index in [9.17, 15) is 4.79 Å². The van der Waals surface area contributed by atoms with Crippen LogP contribution in [0, 0.1) is 0 Å². The fourth-order valence-electron chi connectivity index (χ4n) is 2.41. The lowest BCUT2D eigenvalue weighted by atomic mass is 10.1. The Morgan fingerprint density at radius 1 is 1.22 bits per heavy atom. The molecule has 23 heavy (non-hydrogen) atoms. The predicted octanol–water partition coefficient (Wildman–Crippen LogP) is 1.42. The highest BCUT2D eigenvalue weighted by molar-refractivity contribution is 5.79. The largest absolute Gasteiger partial charge is 0.398 e. The molecule has 0 saturated carbocycles. The highest BCUT2D eigenvalue weighted by Gasteiger charge is 2.14. The Morgan fingerprint density at radius 2 is 2.00 bits per heavy atom. The minimum atomic E-state index is -0.535. The highest BCUT2D eigenvalue weighted by atomic mass is 16.5. The summed E-state index contributed by atoms with van der Waals surface area (Å²) in [5, 5.41) is 11.6. The quantitative estimate of drug-likeness (QED) is 0.421. The van der Waals surface area contributed by atoms with Crippen molar-refractivity contribution in [3.8, 4) is 0 Å². The van der Waals surface area contributed by atoms with Gasteiger partial charge in [-0.25, -0.2) is 10.5 Å². The van der Waals surface area contributed by atoms with E-state index in [1.807, 2.05) is 40.8 Å². The molecule has 0 aliphatic rings. The number of nitrogens with two attached hydrogens (primary N) is 1. The van der Waals surface area contributed by atoms with E-state index in [0.717, 1.165) is 16.9 Å². The van der Waals surface area contributed by atoms with Gasteiger partial charge < -0.3 is 11.1 Å². The van der Waals surface area contributed by atoms with Crippen molar-refractivity contribution < 1.29 is 10.0 Å². The molecule has 7 nitrogen and oxygen atoms in total. The van der Waals surface area contributed by atoms with Crippen molar-refractivity contribution in [1.82, 2.24) is 14.9 Å². The zero-order chi connectivity index (χ0) is 16.2. The lowest BCUT2D eigenvalue weighted by Gasteiger charge is -2.07. The highest BCUT2D eigenvalue weighted by Crippen LogP contribution is 2.22. The molecule has 0 aliphatic carbocycles. The molecule has 0 atom stereocenters.